The van der Waals surface area contributed by atoms with Crippen LogP contribution in [0.4, 0.5) is 11.6 Å². The molecular formula is C21H20N4O5S. The first-order chi connectivity index (χ1) is 14.7. The Bertz CT molecular complexity index is 1200. The topological polar surface area (TPSA) is 127 Å². The molecule has 1 aromatic heterocycles. The Labute approximate surface area is 179 Å². The van der Waals surface area contributed by atoms with Crippen molar-refractivity contribution in [3.05, 3.63) is 77.1 Å². The zero-order valence-corrected chi connectivity index (χ0v) is 17.9. The highest BCUT2D eigenvalue weighted by Gasteiger charge is 2.16. The van der Waals surface area contributed by atoms with Crippen molar-refractivity contribution in [3.8, 4) is 0 Å². The standard InChI is InChI=1S/C21H20N4O5S/c1-13-12-14(2)23-21(22-13)25-31(28,29)18-10-8-17(9-11-18)24-19(26)15-4-6-16(7-5-15)20(27)30-3/h4-12H,1-3H3,(H,24,26)(H,22,23,25). The van der Waals surface area contributed by atoms with Gasteiger partial charge in [-0.2, -0.15) is 0 Å². The molecule has 0 radical (unpaired) electrons. The summed E-state index contributed by atoms with van der Waals surface area (Å²) in [6.45, 7) is 3.49. The third-order valence-corrected chi connectivity index (χ3v) is 5.54. The van der Waals surface area contributed by atoms with E-state index < -0.39 is 21.9 Å². The first kappa shape index (κ1) is 21.9. The number of sulfonamides is 1. The van der Waals surface area contributed by atoms with Gasteiger partial charge < -0.3 is 10.1 Å². The minimum atomic E-state index is -3.89. The number of carbonyl (C=O) groups excluding carboxylic acids is 2. The number of methoxy groups -OCH3 is 1. The van der Waals surface area contributed by atoms with Crippen LogP contribution < -0.4 is 10.0 Å². The number of nitrogens with one attached hydrogen (secondary N) is 2. The van der Waals surface area contributed by atoms with Crippen LogP contribution in [0.15, 0.2) is 59.5 Å². The van der Waals surface area contributed by atoms with Gasteiger partial charge in [0.05, 0.1) is 17.6 Å². The first-order valence-corrected chi connectivity index (χ1v) is 10.6. The fraction of sp³-hybridized carbons (Fsp3) is 0.143. The maximum atomic E-state index is 12.6. The van der Waals surface area contributed by atoms with E-state index in [1.807, 2.05) is 0 Å². The fourth-order valence-electron chi connectivity index (χ4n) is 2.75. The van der Waals surface area contributed by atoms with Crippen LogP contribution >= 0.6 is 0 Å². The second-order valence-electron chi connectivity index (χ2n) is 6.63. The first-order valence-electron chi connectivity index (χ1n) is 9.13. The number of hydrogen-bond donors (Lipinski definition) is 2. The number of benzene rings is 2. The number of anilines is 2. The van der Waals surface area contributed by atoms with Gasteiger partial charge in [0, 0.05) is 22.6 Å². The van der Waals surface area contributed by atoms with Crippen molar-refractivity contribution < 1.29 is 22.7 Å². The summed E-state index contributed by atoms with van der Waals surface area (Å²) in [7, 11) is -2.62. The number of carbonyl (C=O) groups is 2. The highest BCUT2D eigenvalue weighted by atomic mass is 32.2. The Morgan fingerprint density at radius 1 is 0.871 bits per heavy atom. The van der Waals surface area contributed by atoms with Crippen molar-refractivity contribution in [1.29, 1.82) is 0 Å². The molecule has 9 nitrogen and oxygen atoms in total. The zero-order chi connectivity index (χ0) is 22.6. The summed E-state index contributed by atoms with van der Waals surface area (Å²) in [6.07, 6.45) is 0. The molecule has 0 bridgehead atoms. The quantitative estimate of drug-likeness (QED) is 0.564. The Morgan fingerprint density at radius 2 is 1.42 bits per heavy atom. The average molecular weight is 440 g/mol. The predicted molar refractivity (Wildman–Crippen MR) is 114 cm³/mol. The van der Waals surface area contributed by atoms with Crippen molar-refractivity contribution in [3.63, 3.8) is 0 Å². The number of ether oxygens (including phenoxy) is 1. The van der Waals surface area contributed by atoms with Crippen LogP contribution in [-0.2, 0) is 14.8 Å². The van der Waals surface area contributed by atoms with Crippen LogP contribution in [0.2, 0.25) is 0 Å². The number of aryl methyl sites for hydroxylation is 2. The van der Waals surface area contributed by atoms with Crippen LogP contribution in [0, 0.1) is 13.8 Å². The molecule has 10 heteroatoms. The van der Waals surface area contributed by atoms with Gasteiger partial charge in [-0.15, -0.1) is 0 Å². The van der Waals surface area contributed by atoms with E-state index in [4.69, 9.17) is 0 Å². The minimum absolute atomic E-state index is 0.00399. The highest BCUT2D eigenvalue weighted by molar-refractivity contribution is 7.92. The van der Waals surface area contributed by atoms with Crippen LogP contribution in [-0.4, -0.2) is 37.4 Å². The molecule has 0 aliphatic heterocycles. The van der Waals surface area contributed by atoms with Crippen molar-refractivity contribution in [1.82, 2.24) is 9.97 Å². The number of rotatable bonds is 6. The molecule has 160 valence electrons. The van der Waals surface area contributed by atoms with Crippen LogP contribution in [0.1, 0.15) is 32.1 Å². The SMILES string of the molecule is COC(=O)c1ccc(C(=O)Nc2ccc(S(=O)(=O)Nc3nc(C)cc(C)n3)cc2)cc1. The normalized spacial score (nSPS) is 10.9. The van der Waals surface area contributed by atoms with Crippen molar-refractivity contribution in [2.45, 2.75) is 18.7 Å². The molecule has 0 saturated heterocycles. The molecule has 0 fully saturated rings. The molecular weight excluding hydrogens is 420 g/mol. The van der Waals surface area contributed by atoms with Crippen LogP contribution in [0.5, 0.6) is 0 Å². The number of aromatic nitrogens is 2. The molecule has 31 heavy (non-hydrogen) atoms. The Morgan fingerprint density at radius 3 is 1.97 bits per heavy atom. The summed E-state index contributed by atoms with van der Waals surface area (Å²) in [5.74, 6) is -0.914. The summed E-state index contributed by atoms with van der Waals surface area (Å²) in [6, 6.07) is 13.4. The lowest BCUT2D eigenvalue weighted by molar-refractivity contribution is 0.0600. The van der Waals surface area contributed by atoms with Gasteiger partial charge in [-0.25, -0.2) is 27.9 Å². The highest BCUT2D eigenvalue weighted by Crippen LogP contribution is 2.18. The van der Waals surface area contributed by atoms with E-state index in [2.05, 4.69) is 24.7 Å². The Kier molecular flexibility index (Phi) is 6.30. The Hall–Kier alpha value is -3.79. The number of hydrogen-bond acceptors (Lipinski definition) is 7. The third-order valence-electron chi connectivity index (χ3n) is 4.20. The molecule has 1 amide bonds. The summed E-state index contributed by atoms with van der Waals surface area (Å²) in [4.78, 5) is 32.0. The monoisotopic (exact) mass is 440 g/mol. The maximum absolute atomic E-state index is 12.6. The third kappa shape index (κ3) is 5.43. The van der Waals surface area contributed by atoms with Gasteiger partial charge in [0.25, 0.3) is 15.9 Å². The zero-order valence-electron chi connectivity index (χ0n) is 17.0. The van der Waals surface area contributed by atoms with Gasteiger partial charge in [0.2, 0.25) is 5.95 Å². The van der Waals surface area contributed by atoms with Crippen LogP contribution in [0.3, 0.4) is 0 Å². The van der Waals surface area contributed by atoms with Crippen molar-refractivity contribution in [2.24, 2.45) is 0 Å². The van der Waals surface area contributed by atoms with E-state index in [1.54, 1.807) is 19.9 Å². The molecule has 3 rings (SSSR count). The molecule has 0 atom stereocenters. The smallest absolute Gasteiger partial charge is 0.337 e. The number of amides is 1. The van der Waals surface area contributed by atoms with E-state index in [9.17, 15) is 18.0 Å². The molecule has 0 aliphatic carbocycles. The summed E-state index contributed by atoms with van der Waals surface area (Å²) < 4.78 is 32.1. The van der Waals surface area contributed by atoms with Gasteiger partial charge in [-0.05, 0) is 68.4 Å². The summed E-state index contributed by atoms with van der Waals surface area (Å²) in [5.41, 5.74) is 2.35. The molecule has 0 spiro atoms. The van der Waals surface area contributed by atoms with Gasteiger partial charge in [-0.3, -0.25) is 4.79 Å². The lowest BCUT2D eigenvalue weighted by atomic mass is 10.1. The van der Waals surface area contributed by atoms with Gasteiger partial charge >= 0.3 is 5.97 Å². The van der Waals surface area contributed by atoms with E-state index >= 15 is 0 Å². The van der Waals surface area contributed by atoms with Gasteiger partial charge in [0.15, 0.2) is 0 Å². The lowest BCUT2D eigenvalue weighted by Crippen LogP contribution is -2.16. The molecule has 3 aromatic rings. The van der Waals surface area contributed by atoms with Crippen molar-refractivity contribution in [2.75, 3.05) is 17.1 Å². The van der Waals surface area contributed by atoms with Gasteiger partial charge in [-0.1, -0.05) is 0 Å². The van der Waals surface area contributed by atoms with E-state index in [1.165, 1.54) is 55.6 Å². The van der Waals surface area contributed by atoms with E-state index in [-0.39, 0.29) is 10.8 Å². The average Bonchev–Trinajstić information content (AvgIpc) is 2.72. The largest absolute Gasteiger partial charge is 0.465 e. The van der Waals surface area contributed by atoms with E-state index in [0.717, 1.165) is 0 Å². The molecule has 1 heterocycles. The van der Waals surface area contributed by atoms with Gasteiger partial charge in [0.1, 0.15) is 0 Å². The van der Waals surface area contributed by atoms with Crippen LogP contribution in [0.25, 0.3) is 0 Å². The van der Waals surface area contributed by atoms with Crippen molar-refractivity contribution >= 4 is 33.5 Å². The molecule has 2 aromatic carbocycles. The Balaban J connectivity index is 1.70. The fourth-order valence-corrected chi connectivity index (χ4v) is 3.69. The second-order valence-corrected chi connectivity index (χ2v) is 8.31. The summed E-state index contributed by atoms with van der Waals surface area (Å²) in [5, 5.41) is 2.67. The predicted octanol–water partition coefficient (Wildman–Crippen LogP) is 2.93. The molecule has 0 aliphatic rings. The number of esters is 1. The summed E-state index contributed by atoms with van der Waals surface area (Å²) >= 11 is 0. The molecule has 2 N–H and O–H groups in total. The molecule has 0 saturated carbocycles. The van der Waals surface area contributed by atoms with E-state index in [0.29, 0.717) is 28.2 Å². The molecule has 0 unspecified atom stereocenters. The second kappa shape index (κ2) is 8.92. The number of nitrogens with zero attached hydrogens (tertiary/aromatic N) is 2. The minimum Gasteiger partial charge on any atom is -0.465 e. The maximum Gasteiger partial charge on any atom is 0.337 e. The lowest BCUT2D eigenvalue weighted by Gasteiger charge is -2.09.